The monoisotopic (exact) mass is 368 g/mol. The van der Waals surface area contributed by atoms with Crippen LogP contribution in [0.5, 0.6) is 0 Å². The van der Waals surface area contributed by atoms with Gasteiger partial charge in [0.15, 0.2) is 0 Å². The lowest BCUT2D eigenvalue weighted by atomic mass is 10.1. The molecule has 0 saturated heterocycles. The fraction of sp³-hybridized carbons (Fsp3) is 0.0714. The summed E-state index contributed by atoms with van der Waals surface area (Å²) in [6.45, 7) is 1.93. The summed E-state index contributed by atoms with van der Waals surface area (Å²) in [5, 5.41) is 7.70. The Balaban J connectivity index is 2.20. The number of sulfonamides is 1. The number of aryl methyl sites for hydroxylation is 1. The second-order valence-corrected chi connectivity index (χ2v) is 6.92. The molecule has 0 spiro atoms. The van der Waals surface area contributed by atoms with Crippen LogP contribution in [-0.4, -0.2) is 14.3 Å². The number of anilines is 1. The van der Waals surface area contributed by atoms with Gasteiger partial charge in [-0.3, -0.25) is 4.79 Å². The standard InChI is InChI=1S/C14H13BrN2O3S/c1-9-2-7-12(13(15)8-9)14(18)17-10-3-5-11(6-4-10)21(16,19)20/h2-8H,1H3,(H,17,18)(H2,16,19,20). The van der Waals surface area contributed by atoms with Crippen molar-refractivity contribution in [3.63, 3.8) is 0 Å². The van der Waals surface area contributed by atoms with Gasteiger partial charge in [-0.15, -0.1) is 0 Å². The van der Waals surface area contributed by atoms with E-state index in [1.54, 1.807) is 6.07 Å². The molecule has 0 aliphatic heterocycles. The number of carbonyl (C=O) groups is 1. The van der Waals surface area contributed by atoms with Gasteiger partial charge in [-0.25, -0.2) is 13.6 Å². The third-order valence-corrected chi connectivity index (χ3v) is 4.40. The molecule has 21 heavy (non-hydrogen) atoms. The molecule has 0 bridgehead atoms. The van der Waals surface area contributed by atoms with Gasteiger partial charge in [0, 0.05) is 10.2 Å². The van der Waals surface area contributed by atoms with Crippen LogP contribution in [0.15, 0.2) is 51.8 Å². The number of benzene rings is 2. The summed E-state index contributed by atoms with van der Waals surface area (Å²) in [5.41, 5.74) is 2.02. The van der Waals surface area contributed by atoms with Crippen molar-refractivity contribution in [1.82, 2.24) is 0 Å². The van der Waals surface area contributed by atoms with Crippen molar-refractivity contribution in [2.75, 3.05) is 5.32 Å². The largest absolute Gasteiger partial charge is 0.322 e. The van der Waals surface area contributed by atoms with Crippen molar-refractivity contribution in [3.8, 4) is 0 Å². The van der Waals surface area contributed by atoms with Gasteiger partial charge in [-0.1, -0.05) is 6.07 Å². The van der Waals surface area contributed by atoms with E-state index in [0.717, 1.165) is 5.56 Å². The first-order chi connectivity index (χ1) is 9.77. The lowest BCUT2D eigenvalue weighted by molar-refractivity contribution is 0.102. The minimum Gasteiger partial charge on any atom is -0.322 e. The average Bonchev–Trinajstić information content (AvgIpc) is 2.38. The van der Waals surface area contributed by atoms with E-state index < -0.39 is 10.0 Å². The molecular formula is C14H13BrN2O3S. The summed E-state index contributed by atoms with van der Waals surface area (Å²) >= 11 is 3.34. The molecule has 0 aromatic heterocycles. The van der Waals surface area contributed by atoms with Gasteiger partial charge in [0.2, 0.25) is 10.0 Å². The van der Waals surface area contributed by atoms with E-state index in [1.165, 1.54) is 24.3 Å². The Labute approximate surface area is 131 Å². The highest BCUT2D eigenvalue weighted by Crippen LogP contribution is 2.20. The third-order valence-electron chi connectivity index (χ3n) is 2.81. The van der Waals surface area contributed by atoms with Crippen molar-refractivity contribution in [1.29, 1.82) is 0 Å². The van der Waals surface area contributed by atoms with Crippen LogP contribution in [0.1, 0.15) is 15.9 Å². The molecule has 0 aliphatic rings. The normalized spacial score (nSPS) is 11.2. The van der Waals surface area contributed by atoms with E-state index in [2.05, 4.69) is 21.2 Å². The zero-order chi connectivity index (χ0) is 15.6. The lowest BCUT2D eigenvalue weighted by Crippen LogP contribution is -2.14. The smallest absolute Gasteiger partial charge is 0.256 e. The van der Waals surface area contributed by atoms with Crippen LogP contribution in [0.4, 0.5) is 5.69 Å². The number of primary sulfonamides is 1. The molecule has 5 nitrogen and oxygen atoms in total. The first kappa shape index (κ1) is 15.7. The molecule has 0 aliphatic carbocycles. The average molecular weight is 369 g/mol. The minimum absolute atomic E-state index is 0.00276. The second-order valence-electron chi connectivity index (χ2n) is 4.51. The molecule has 7 heteroatoms. The van der Waals surface area contributed by atoms with Crippen molar-refractivity contribution >= 4 is 37.5 Å². The molecule has 3 N–H and O–H groups in total. The summed E-state index contributed by atoms with van der Waals surface area (Å²) in [6.07, 6.45) is 0. The number of amides is 1. The van der Waals surface area contributed by atoms with Crippen molar-refractivity contribution < 1.29 is 13.2 Å². The highest BCUT2D eigenvalue weighted by atomic mass is 79.9. The molecule has 0 unspecified atom stereocenters. The van der Waals surface area contributed by atoms with E-state index in [4.69, 9.17) is 5.14 Å². The van der Waals surface area contributed by atoms with Crippen LogP contribution in [0.2, 0.25) is 0 Å². The molecule has 2 rings (SSSR count). The predicted octanol–water partition coefficient (Wildman–Crippen LogP) is 2.66. The maximum absolute atomic E-state index is 12.1. The number of hydrogen-bond donors (Lipinski definition) is 2. The van der Waals surface area contributed by atoms with Crippen LogP contribution >= 0.6 is 15.9 Å². The summed E-state index contributed by atoms with van der Waals surface area (Å²) in [4.78, 5) is 12.1. The summed E-state index contributed by atoms with van der Waals surface area (Å²) < 4.78 is 23.0. The number of halogens is 1. The Hall–Kier alpha value is -1.70. The Morgan fingerprint density at radius 2 is 1.76 bits per heavy atom. The molecule has 0 fully saturated rings. The quantitative estimate of drug-likeness (QED) is 0.872. The molecule has 2 aromatic rings. The number of rotatable bonds is 3. The van der Waals surface area contributed by atoms with Crippen LogP contribution in [0.25, 0.3) is 0 Å². The lowest BCUT2D eigenvalue weighted by Gasteiger charge is -2.08. The first-order valence-electron chi connectivity index (χ1n) is 5.98. The number of nitrogens with two attached hydrogens (primary N) is 1. The third kappa shape index (κ3) is 3.90. The molecule has 0 heterocycles. The van der Waals surface area contributed by atoms with Crippen LogP contribution in [-0.2, 0) is 10.0 Å². The second kappa shape index (κ2) is 5.97. The highest BCUT2D eigenvalue weighted by Gasteiger charge is 2.11. The van der Waals surface area contributed by atoms with Gasteiger partial charge in [-0.2, -0.15) is 0 Å². The van der Waals surface area contributed by atoms with E-state index in [1.807, 2.05) is 19.1 Å². The summed E-state index contributed by atoms with van der Waals surface area (Å²) in [5.74, 6) is -0.287. The molecule has 110 valence electrons. The van der Waals surface area contributed by atoms with Crippen LogP contribution in [0, 0.1) is 6.92 Å². The first-order valence-corrected chi connectivity index (χ1v) is 8.31. The molecular weight excluding hydrogens is 356 g/mol. The zero-order valence-electron chi connectivity index (χ0n) is 11.1. The molecule has 0 radical (unpaired) electrons. The van der Waals surface area contributed by atoms with Crippen molar-refractivity contribution in [2.24, 2.45) is 5.14 Å². The Morgan fingerprint density at radius 1 is 1.14 bits per heavy atom. The Kier molecular flexibility index (Phi) is 4.46. The van der Waals surface area contributed by atoms with Gasteiger partial charge in [0.1, 0.15) is 0 Å². The topological polar surface area (TPSA) is 89.3 Å². The summed E-state index contributed by atoms with van der Waals surface area (Å²) in [7, 11) is -3.73. The maximum Gasteiger partial charge on any atom is 0.256 e. The maximum atomic E-state index is 12.1. The van der Waals surface area contributed by atoms with Gasteiger partial charge in [-0.05, 0) is 64.8 Å². The van der Waals surface area contributed by atoms with Crippen molar-refractivity contribution in [3.05, 3.63) is 58.1 Å². The van der Waals surface area contributed by atoms with Gasteiger partial charge in [0.05, 0.1) is 10.5 Å². The molecule has 2 aromatic carbocycles. The highest BCUT2D eigenvalue weighted by molar-refractivity contribution is 9.10. The molecule has 0 atom stereocenters. The van der Waals surface area contributed by atoms with Crippen LogP contribution < -0.4 is 10.5 Å². The number of hydrogen-bond acceptors (Lipinski definition) is 3. The van der Waals surface area contributed by atoms with E-state index >= 15 is 0 Å². The van der Waals surface area contributed by atoms with Gasteiger partial charge in [0.25, 0.3) is 5.91 Å². The van der Waals surface area contributed by atoms with E-state index in [9.17, 15) is 13.2 Å². The SMILES string of the molecule is Cc1ccc(C(=O)Nc2ccc(S(N)(=O)=O)cc2)c(Br)c1. The zero-order valence-corrected chi connectivity index (χ0v) is 13.5. The molecule has 1 amide bonds. The van der Waals surface area contributed by atoms with E-state index in [0.29, 0.717) is 15.7 Å². The van der Waals surface area contributed by atoms with E-state index in [-0.39, 0.29) is 10.8 Å². The van der Waals surface area contributed by atoms with Gasteiger partial charge < -0.3 is 5.32 Å². The fourth-order valence-electron chi connectivity index (χ4n) is 1.73. The van der Waals surface area contributed by atoms with Crippen molar-refractivity contribution in [2.45, 2.75) is 11.8 Å². The molecule has 0 saturated carbocycles. The predicted molar refractivity (Wildman–Crippen MR) is 84.6 cm³/mol. The fourth-order valence-corrected chi connectivity index (χ4v) is 2.92. The minimum atomic E-state index is -3.73. The summed E-state index contributed by atoms with van der Waals surface area (Å²) in [6, 6.07) is 11.1. The van der Waals surface area contributed by atoms with Gasteiger partial charge >= 0.3 is 0 Å². The van der Waals surface area contributed by atoms with Crippen LogP contribution in [0.3, 0.4) is 0 Å². The Morgan fingerprint density at radius 3 is 2.29 bits per heavy atom. The number of nitrogens with one attached hydrogen (secondary N) is 1. The number of carbonyl (C=O) groups excluding carboxylic acids is 1. The Bertz CT molecular complexity index is 786.